The third kappa shape index (κ3) is 3.02. The van der Waals surface area contributed by atoms with Gasteiger partial charge in [0.05, 0.1) is 5.75 Å². The molecule has 1 aromatic carbocycles. The molecule has 0 atom stereocenters. The lowest BCUT2D eigenvalue weighted by molar-refractivity contribution is 0.102. The summed E-state index contributed by atoms with van der Waals surface area (Å²) in [6.07, 6.45) is 0. The second kappa shape index (κ2) is 5.96. The first-order valence-corrected chi connectivity index (χ1v) is 8.00. The van der Waals surface area contributed by atoms with Crippen LogP contribution in [0.3, 0.4) is 0 Å². The molecule has 8 heteroatoms. The quantitative estimate of drug-likeness (QED) is 0.578. The number of aromatic amines is 1. The number of ketones is 1. The molecule has 7 nitrogen and oxygen atoms in total. The van der Waals surface area contributed by atoms with Gasteiger partial charge < -0.3 is 0 Å². The number of thioether (sulfide) groups is 1. The van der Waals surface area contributed by atoms with Crippen molar-refractivity contribution in [3.63, 3.8) is 0 Å². The molecule has 2 aromatic heterocycles. The average Bonchev–Trinajstić information content (AvgIpc) is 2.90. The Morgan fingerprint density at radius 1 is 1.22 bits per heavy atom. The Bertz CT molecular complexity index is 960. The predicted octanol–water partition coefficient (Wildman–Crippen LogP) is 1.71. The van der Waals surface area contributed by atoms with Crippen molar-refractivity contribution in [2.75, 3.05) is 5.75 Å². The molecule has 0 unspecified atom stereocenters. The molecule has 0 saturated heterocycles. The van der Waals surface area contributed by atoms with Crippen LogP contribution in [0.25, 0.3) is 5.78 Å². The van der Waals surface area contributed by atoms with Crippen LogP contribution < -0.4 is 5.56 Å². The van der Waals surface area contributed by atoms with Crippen LogP contribution in [0, 0.1) is 20.8 Å². The van der Waals surface area contributed by atoms with E-state index in [0.717, 1.165) is 11.1 Å². The molecule has 0 amide bonds. The number of hydrogen-bond donors (Lipinski definition) is 1. The van der Waals surface area contributed by atoms with Gasteiger partial charge in [0.2, 0.25) is 5.16 Å². The highest BCUT2D eigenvalue weighted by atomic mass is 32.2. The van der Waals surface area contributed by atoms with Gasteiger partial charge in [0, 0.05) is 5.56 Å². The van der Waals surface area contributed by atoms with Crippen LogP contribution >= 0.6 is 11.8 Å². The van der Waals surface area contributed by atoms with Gasteiger partial charge in [-0.05, 0) is 38.0 Å². The summed E-state index contributed by atoms with van der Waals surface area (Å²) in [4.78, 5) is 26.4. The van der Waals surface area contributed by atoms with Crippen molar-refractivity contribution in [3.05, 3.63) is 50.9 Å². The number of hydrogen-bond acceptors (Lipinski definition) is 6. The van der Waals surface area contributed by atoms with Gasteiger partial charge in [-0.3, -0.25) is 14.6 Å². The first kappa shape index (κ1) is 15.4. The maximum absolute atomic E-state index is 12.3. The van der Waals surface area contributed by atoms with Crippen LogP contribution in [0.4, 0.5) is 0 Å². The zero-order chi connectivity index (χ0) is 16.6. The molecular weight excluding hydrogens is 314 g/mol. The van der Waals surface area contributed by atoms with Crippen molar-refractivity contribution in [1.82, 2.24) is 24.8 Å². The summed E-state index contributed by atoms with van der Waals surface area (Å²) in [5, 5.41) is 12.4. The Morgan fingerprint density at radius 3 is 2.74 bits per heavy atom. The summed E-state index contributed by atoms with van der Waals surface area (Å²) in [6, 6.07) is 5.66. The van der Waals surface area contributed by atoms with Crippen LogP contribution in [0.5, 0.6) is 0 Å². The molecule has 23 heavy (non-hydrogen) atoms. The average molecular weight is 329 g/mol. The van der Waals surface area contributed by atoms with Crippen molar-refractivity contribution >= 4 is 23.3 Å². The van der Waals surface area contributed by atoms with E-state index in [0.29, 0.717) is 16.4 Å². The van der Waals surface area contributed by atoms with Gasteiger partial charge in [-0.1, -0.05) is 23.9 Å². The lowest BCUT2D eigenvalue weighted by Gasteiger charge is -2.04. The highest BCUT2D eigenvalue weighted by Gasteiger charge is 2.13. The van der Waals surface area contributed by atoms with Crippen molar-refractivity contribution in [3.8, 4) is 0 Å². The fourth-order valence-electron chi connectivity index (χ4n) is 2.04. The van der Waals surface area contributed by atoms with Gasteiger partial charge >= 0.3 is 0 Å². The number of benzene rings is 1. The van der Waals surface area contributed by atoms with E-state index in [1.54, 1.807) is 6.92 Å². The van der Waals surface area contributed by atoms with Gasteiger partial charge in [-0.15, -0.1) is 10.2 Å². The molecule has 118 valence electrons. The van der Waals surface area contributed by atoms with Gasteiger partial charge in [-0.2, -0.15) is 9.61 Å². The highest BCUT2D eigenvalue weighted by molar-refractivity contribution is 7.99. The minimum atomic E-state index is -0.298. The largest absolute Gasteiger partial charge is 0.293 e. The summed E-state index contributed by atoms with van der Waals surface area (Å²) in [7, 11) is 0. The molecule has 0 aliphatic carbocycles. The Hall–Kier alpha value is -2.48. The van der Waals surface area contributed by atoms with Crippen LogP contribution in [0.15, 0.2) is 28.2 Å². The molecule has 0 spiro atoms. The molecule has 0 bridgehead atoms. The van der Waals surface area contributed by atoms with E-state index in [2.05, 4.69) is 20.3 Å². The molecule has 1 N–H and O–H groups in total. The Labute approximate surface area is 136 Å². The minimum absolute atomic E-state index is 0.0102. The number of aromatic nitrogens is 5. The van der Waals surface area contributed by atoms with Crippen LogP contribution in [0.2, 0.25) is 0 Å². The SMILES string of the molecule is Cc1ccc(C(=O)CSc2nnc3[nH]c(=O)c(C)nn23)cc1C. The Kier molecular flexibility index (Phi) is 3.99. The van der Waals surface area contributed by atoms with E-state index in [-0.39, 0.29) is 22.9 Å². The molecule has 3 aromatic rings. The number of carbonyl (C=O) groups excluding carboxylic acids is 1. The number of nitrogens with one attached hydrogen (secondary N) is 1. The molecule has 0 fully saturated rings. The third-order valence-electron chi connectivity index (χ3n) is 3.58. The van der Waals surface area contributed by atoms with Crippen molar-refractivity contribution < 1.29 is 4.79 Å². The van der Waals surface area contributed by atoms with Crippen LogP contribution in [0.1, 0.15) is 27.2 Å². The Morgan fingerprint density at radius 2 is 2.00 bits per heavy atom. The summed E-state index contributed by atoms with van der Waals surface area (Å²) < 4.78 is 1.44. The van der Waals surface area contributed by atoms with Gasteiger partial charge in [0.15, 0.2) is 5.78 Å². The molecule has 0 aliphatic heterocycles. The standard InChI is InChI=1S/C15H15N5O2S/c1-8-4-5-11(6-9(8)2)12(21)7-23-15-18-17-14-16-13(22)10(3)19-20(14)15/h4-6H,7H2,1-3H3,(H,16,17,22). The van der Waals surface area contributed by atoms with E-state index >= 15 is 0 Å². The van der Waals surface area contributed by atoms with Gasteiger partial charge in [0.25, 0.3) is 11.3 Å². The molecule has 0 saturated carbocycles. The number of H-pyrrole nitrogens is 1. The normalized spacial score (nSPS) is 11.1. The second-order valence-electron chi connectivity index (χ2n) is 5.27. The molecule has 3 rings (SSSR count). The van der Waals surface area contributed by atoms with E-state index in [1.165, 1.54) is 16.3 Å². The molecule has 0 aliphatic rings. The van der Waals surface area contributed by atoms with Gasteiger partial charge in [0.1, 0.15) is 5.69 Å². The molecule has 0 radical (unpaired) electrons. The maximum Gasteiger partial charge on any atom is 0.273 e. The summed E-state index contributed by atoms with van der Waals surface area (Å²) in [6.45, 7) is 5.59. The van der Waals surface area contributed by atoms with Crippen molar-refractivity contribution in [2.45, 2.75) is 25.9 Å². The van der Waals surface area contributed by atoms with Crippen molar-refractivity contribution in [2.24, 2.45) is 0 Å². The number of aryl methyl sites for hydroxylation is 3. The predicted molar refractivity (Wildman–Crippen MR) is 87.1 cm³/mol. The summed E-state index contributed by atoms with van der Waals surface area (Å²) in [5.41, 5.74) is 2.93. The van der Waals surface area contributed by atoms with Crippen molar-refractivity contribution in [1.29, 1.82) is 0 Å². The van der Waals surface area contributed by atoms with E-state index in [1.807, 2.05) is 32.0 Å². The highest BCUT2D eigenvalue weighted by Crippen LogP contribution is 2.18. The summed E-state index contributed by atoms with van der Waals surface area (Å²) >= 11 is 1.24. The van der Waals surface area contributed by atoms with E-state index in [4.69, 9.17) is 0 Å². The molecular formula is C15H15N5O2S. The number of carbonyl (C=O) groups is 1. The van der Waals surface area contributed by atoms with E-state index < -0.39 is 0 Å². The first-order chi connectivity index (χ1) is 11.0. The minimum Gasteiger partial charge on any atom is -0.293 e. The monoisotopic (exact) mass is 329 g/mol. The number of fused-ring (bicyclic) bond motifs is 1. The maximum atomic E-state index is 12.3. The Balaban J connectivity index is 1.80. The lowest BCUT2D eigenvalue weighted by atomic mass is 10.0. The first-order valence-electron chi connectivity index (χ1n) is 7.01. The molecule has 2 heterocycles. The van der Waals surface area contributed by atoms with Crippen LogP contribution in [-0.4, -0.2) is 36.3 Å². The fourth-order valence-corrected chi connectivity index (χ4v) is 2.81. The fraction of sp³-hybridized carbons (Fsp3) is 0.267. The summed E-state index contributed by atoms with van der Waals surface area (Å²) in [5.74, 6) is 0.501. The second-order valence-corrected chi connectivity index (χ2v) is 6.21. The number of nitrogens with zero attached hydrogens (tertiary/aromatic N) is 4. The topological polar surface area (TPSA) is 93.0 Å². The van der Waals surface area contributed by atoms with Crippen LogP contribution in [-0.2, 0) is 0 Å². The zero-order valence-electron chi connectivity index (χ0n) is 13.0. The number of rotatable bonds is 4. The smallest absolute Gasteiger partial charge is 0.273 e. The zero-order valence-corrected chi connectivity index (χ0v) is 13.8. The lowest BCUT2D eigenvalue weighted by Crippen LogP contribution is -2.15. The third-order valence-corrected chi connectivity index (χ3v) is 4.50. The number of Topliss-reactive ketones (excluding diaryl/α,β-unsaturated/α-hetero) is 1. The van der Waals surface area contributed by atoms with Gasteiger partial charge in [-0.25, -0.2) is 0 Å². The van der Waals surface area contributed by atoms with E-state index in [9.17, 15) is 9.59 Å².